The van der Waals surface area contributed by atoms with Crippen LogP contribution in [0.15, 0.2) is 24.3 Å². The van der Waals surface area contributed by atoms with Gasteiger partial charge in [-0.05, 0) is 92.4 Å². The van der Waals surface area contributed by atoms with E-state index in [9.17, 15) is 0 Å². The quantitative estimate of drug-likeness (QED) is 0.625. The molecule has 3 fully saturated rings. The van der Waals surface area contributed by atoms with Crippen LogP contribution in [-0.4, -0.2) is 5.71 Å². The second-order valence-electron chi connectivity index (χ2n) is 8.20. The van der Waals surface area contributed by atoms with Crippen molar-refractivity contribution in [1.82, 2.24) is 0 Å². The zero-order chi connectivity index (χ0) is 14.6. The van der Waals surface area contributed by atoms with Crippen LogP contribution < -0.4 is 0 Å². The molecule has 0 aromatic rings. The van der Waals surface area contributed by atoms with E-state index in [0.29, 0.717) is 5.41 Å². The van der Waals surface area contributed by atoms with Gasteiger partial charge in [0.05, 0.1) is 0 Å². The first-order valence-corrected chi connectivity index (χ1v) is 9.07. The molecule has 21 heavy (non-hydrogen) atoms. The summed E-state index contributed by atoms with van der Waals surface area (Å²) >= 11 is 0. The molecule has 4 aliphatic carbocycles. The Labute approximate surface area is 129 Å². The zero-order valence-corrected chi connectivity index (χ0v) is 13.4. The molecule has 0 heterocycles. The zero-order valence-electron chi connectivity index (χ0n) is 13.4. The van der Waals surface area contributed by atoms with E-state index in [1.54, 1.807) is 5.57 Å². The van der Waals surface area contributed by atoms with Crippen LogP contribution in [0.25, 0.3) is 0 Å². The molecule has 6 unspecified atom stereocenters. The van der Waals surface area contributed by atoms with Crippen LogP contribution in [0.2, 0.25) is 0 Å². The lowest BCUT2D eigenvalue weighted by atomic mass is 9.51. The topological polar surface area (TPSA) is 23.9 Å². The van der Waals surface area contributed by atoms with Gasteiger partial charge >= 0.3 is 0 Å². The van der Waals surface area contributed by atoms with Gasteiger partial charge in [0, 0.05) is 5.71 Å². The monoisotopic (exact) mass is 283 g/mol. The number of hydrogen-bond donors (Lipinski definition) is 1. The maximum absolute atomic E-state index is 7.96. The molecular formula is C20H29N. The smallest absolute Gasteiger partial charge is 0.0313 e. The van der Waals surface area contributed by atoms with Crippen molar-refractivity contribution in [3.63, 3.8) is 0 Å². The third-order valence-corrected chi connectivity index (χ3v) is 7.72. The van der Waals surface area contributed by atoms with Crippen molar-refractivity contribution in [2.45, 2.75) is 58.3 Å². The number of nitrogens with one attached hydrogen (secondary N) is 1. The lowest BCUT2D eigenvalue weighted by Gasteiger charge is -2.54. The van der Waals surface area contributed by atoms with Gasteiger partial charge in [-0.1, -0.05) is 18.6 Å². The molecule has 4 aliphatic rings. The Bertz CT molecular complexity index is 502. The van der Waals surface area contributed by atoms with Crippen LogP contribution in [0.5, 0.6) is 0 Å². The van der Waals surface area contributed by atoms with E-state index >= 15 is 0 Å². The average molecular weight is 283 g/mol. The standard InChI is InChI=1S/C20H29N/c1-3-20-11-10-17-16-8-6-15(21)12-14(16)5-7-18(17)19(20)9-4-13(20)2/h3,12-13,16-19,21H,1,4-11H2,2H3. The van der Waals surface area contributed by atoms with E-state index in [0.717, 1.165) is 41.7 Å². The molecule has 6 atom stereocenters. The highest BCUT2D eigenvalue weighted by atomic mass is 14.6. The molecule has 4 rings (SSSR count). The third kappa shape index (κ3) is 1.85. The fourth-order valence-electron chi connectivity index (χ4n) is 6.65. The molecule has 0 aromatic heterocycles. The number of fused-ring (bicyclic) bond motifs is 5. The van der Waals surface area contributed by atoms with E-state index in [4.69, 9.17) is 5.41 Å². The predicted octanol–water partition coefficient (Wildman–Crippen LogP) is 5.38. The van der Waals surface area contributed by atoms with Gasteiger partial charge in [-0.2, -0.15) is 0 Å². The Morgan fingerprint density at radius 3 is 2.81 bits per heavy atom. The van der Waals surface area contributed by atoms with E-state index < -0.39 is 0 Å². The summed E-state index contributed by atoms with van der Waals surface area (Å²) in [5.74, 6) is 4.43. The Balaban J connectivity index is 1.65. The second kappa shape index (κ2) is 4.83. The lowest BCUT2D eigenvalue weighted by molar-refractivity contribution is 0.00117. The summed E-state index contributed by atoms with van der Waals surface area (Å²) < 4.78 is 0. The Morgan fingerprint density at radius 1 is 1.14 bits per heavy atom. The van der Waals surface area contributed by atoms with Crippen molar-refractivity contribution in [2.75, 3.05) is 0 Å². The van der Waals surface area contributed by atoms with Crippen LogP contribution in [0.4, 0.5) is 0 Å². The first-order chi connectivity index (χ1) is 10.2. The fourth-order valence-corrected chi connectivity index (χ4v) is 6.65. The van der Waals surface area contributed by atoms with Crippen LogP contribution in [-0.2, 0) is 0 Å². The van der Waals surface area contributed by atoms with Gasteiger partial charge in [0.2, 0.25) is 0 Å². The number of rotatable bonds is 1. The molecule has 1 N–H and O–H groups in total. The summed E-state index contributed by atoms with van der Waals surface area (Å²) in [6, 6.07) is 0. The molecule has 0 aromatic carbocycles. The minimum Gasteiger partial charge on any atom is -0.305 e. The highest BCUT2D eigenvalue weighted by Gasteiger charge is 2.55. The van der Waals surface area contributed by atoms with Gasteiger partial charge in [0.1, 0.15) is 0 Å². The maximum Gasteiger partial charge on any atom is 0.0313 e. The normalized spacial score (nSPS) is 48.9. The molecule has 0 spiro atoms. The van der Waals surface area contributed by atoms with Crippen molar-refractivity contribution < 1.29 is 0 Å². The molecule has 114 valence electrons. The van der Waals surface area contributed by atoms with Crippen molar-refractivity contribution in [2.24, 2.45) is 35.0 Å². The van der Waals surface area contributed by atoms with Crippen LogP contribution in [0, 0.1) is 40.4 Å². The predicted molar refractivity (Wildman–Crippen MR) is 88.5 cm³/mol. The highest BCUT2D eigenvalue weighted by molar-refractivity contribution is 5.93. The third-order valence-electron chi connectivity index (χ3n) is 7.72. The molecule has 1 nitrogen and oxygen atoms in total. The SMILES string of the molecule is C=CC12CCC3C4CCC(=N)C=C4CCC3C1CCC2C. The summed E-state index contributed by atoms with van der Waals surface area (Å²) in [6.45, 7) is 6.73. The summed E-state index contributed by atoms with van der Waals surface area (Å²) in [6.07, 6.45) is 15.2. The minimum atomic E-state index is 0.462. The summed E-state index contributed by atoms with van der Waals surface area (Å²) in [4.78, 5) is 0. The molecule has 0 saturated heterocycles. The van der Waals surface area contributed by atoms with E-state index in [1.807, 2.05) is 0 Å². The van der Waals surface area contributed by atoms with Crippen LogP contribution in [0.3, 0.4) is 0 Å². The first-order valence-electron chi connectivity index (χ1n) is 9.07. The van der Waals surface area contributed by atoms with Gasteiger partial charge in [0.25, 0.3) is 0 Å². The largest absolute Gasteiger partial charge is 0.305 e. The van der Waals surface area contributed by atoms with Gasteiger partial charge in [0.15, 0.2) is 0 Å². The Hall–Kier alpha value is -0.850. The second-order valence-corrected chi connectivity index (χ2v) is 8.20. The van der Waals surface area contributed by atoms with Gasteiger partial charge in [-0.15, -0.1) is 6.58 Å². The summed E-state index contributed by atoms with van der Waals surface area (Å²) in [5.41, 5.74) is 2.97. The molecular weight excluding hydrogens is 254 g/mol. The van der Waals surface area contributed by atoms with Crippen molar-refractivity contribution >= 4 is 5.71 Å². The van der Waals surface area contributed by atoms with E-state index in [2.05, 4.69) is 25.7 Å². The maximum atomic E-state index is 7.96. The van der Waals surface area contributed by atoms with Crippen molar-refractivity contribution in [3.8, 4) is 0 Å². The molecule has 0 aliphatic heterocycles. The van der Waals surface area contributed by atoms with E-state index in [1.165, 1.54) is 44.9 Å². The number of hydrogen-bond acceptors (Lipinski definition) is 1. The summed E-state index contributed by atoms with van der Waals surface area (Å²) in [7, 11) is 0. The van der Waals surface area contributed by atoms with E-state index in [-0.39, 0.29) is 0 Å². The Morgan fingerprint density at radius 2 is 2.00 bits per heavy atom. The molecule has 1 heteroatoms. The molecule has 0 amide bonds. The van der Waals surface area contributed by atoms with Crippen molar-refractivity contribution in [3.05, 3.63) is 24.3 Å². The van der Waals surface area contributed by atoms with Crippen LogP contribution in [0.1, 0.15) is 58.3 Å². The molecule has 0 bridgehead atoms. The van der Waals surface area contributed by atoms with Gasteiger partial charge in [-0.25, -0.2) is 0 Å². The highest BCUT2D eigenvalue weighted by Crippen LogP contribution is 2.64. The average Bonchev–Trinajstić information content (AvgIpc) is 2.84. The van der Waals surface area contributed by atoms with Gasteiger partial charge in [-0.3, -0.25) is 0 Å². The molecule has 0 radical (unpaired) electrons. The van der Waals surface area contributed by atoms with Gasteiger partial charge < -0.3 is 5.41 Å². The minimum absolute atomic E-state index is 0.462. The molecule has 3 saturated carbocycles. The van der Waals surface area contributed by atoms with Crippen molar-refractivity contribution in [1.29, 1.82) is 5.41 Å². The number of allylic oxidation sites excluding steroid dienone is 3. The first kappa shape index (κ1) is 13.8. The van der Waals surface area contributed by atoms with Crippen LogP contribution >= 0.6 is 0 Å². The lowest BCUT2D eigenvalue weighted by Crippen LogP contribution is -2.46. The fraction of sp³-hybridized carbons (Fsp3) is 0.750. The Kier molecular flexibility index (Phi) is 3.17. The summed E-state index contributed by atoms with van der Waals surface area (Å²) in [5, 5.41) is 7.96.